The molecule has 1 atom stereocenters. The van der Waals surface area contributed by atoms with Crippen LogP contribution < -0.4 is 0 Å². The average molecular weight is 181 g/mol. The summed E-state index contributed by atoms with van der Waals surface area (Å²) in [6, 6.07) is 2.08. The van der Waals surface area contributed by atoms with Crippen LogP contribution >= 0.6 is 0 Å². The molecule has 3 nitrogen and oxygen atoms in total. The number of nitrogens with zero attached hydrogens (tertiary/aromatic N) is 1. The summed E-state index contributed by atoms with van der Waals surface area (Å²) < 4.78 is 5.16. The lowest BCUT2D eigenvalue weighted by molar-refractivity contribution is -0.126. The van der Waals surface area contributed by atoms with E-state index in [4.69, 9.17) is 10.00 Å². The van der Waals surface area contributed by atoms with E-state index in [2.05, 4.69) is 6.07 Å². The van der Waals surface area contributed by atoms with Crippen LogP contribution in [-0.4, -0.2) is 19.0 Å². The van der Waals surface area contributed by atoms with E-state index >= 15 is 0 Å². The van der Waals surface area contributed by atoms with Crippen LogP contribution in [0.3, 0.4) is 0 Å². The van der Waals surface area contributed by atoms with E-state index in [0.717, 1.165) is 12.8 Å². The first kappa shape index (κ1) is 10.2. The molecule has 1 fully saturated rings. The molecule has 0 aromatic rings. The zero-order chi connectivity index (χ0) is 9.68. The van der Waals surface area contributed by atoms with Gasteiger partial charge in [-0.2, -0.15) is 5.26 Å². The fourth-order valence-electron chi connectivity index (χ4n) is 1.53. The second-order valence-electron chi connectivity index (χ2n) is 3.59. The molecular weight excluding hydrogens is 166 g/mol. The second kappa shape index (κ2) is 4.98. The van der Waals surface area contributed by atoms with Gasteiger partial charge in [0, 0.05) is 25.6 Å². The van der Waals surface area contributed by atoms with Crippen molar-refractivity contribution in [1.29, 1.82) is 5.26 Å². The van der Waals surface area contributed by atoms with Gasteiger partial charge in [0.05, 0.1) is 12.0 Å². The largest absolute Gasteiger partial charge is 0.381 e. The van der Waals surface area contributed by atoms with Crippen LogP contribution in [0.5, 0.6) is 0 Å². The van der Waals surface area contributed by atoms with Crippen molar-refractivity contribution in [3.05, 3.63) is 0 Å². The van der Waals surface area contributed by atoms with Gasteiger partial charge in [-0.3, -0.25) is 4.79 Å². The highest BCUT2D eigenvalue weighted by Gasteiger charge is 2.22. The normalized spacial score (nSPS) is 20.6. The molecule has 3 heteroatoms. The predicted molar refractivity (Wildman–Crippen MR) is 47.9 cm³/mol. The highest BCUT2D eigenvalue weighted by Crippen LogP contribution is 2.19. The molecular formula is C10H15NO2. The second-order valence-corrected chi connectivity index (χ2v) is 3.59. The van der Waals surface area contributed by atoms with Gasteiger partial charge >= 0.3 is 0 Å². The van der Waals surface area contributed by atoms with Crippen molar-refractivity contribution in [2.75, 3.05) is 13.2 Å². The Hall–Kier alpha value is -0.880. The molecule has 1 unspecified atom stereocenters. The van der Waals surface area contributed by atoms with Crippen LogP contribution in [0.1, 0.15) is 26.2 Å². The quantitative estimate of drug-likeness (QED) is 0.663. The van der Waals surface area contributed by atoms with Gasteiger partial charge in [-0.25, -0.2) is 0 Å². The Kier molecular flexibility index (Phi) is 3.91. The van der Waals surface area contributed by atoms with Crippen molar-refractivity contribution >= 4 is 5.78 Å². The molecule has 0 bridgehead atoms. The van der Waals surface area contributed by atoms with E-state index in [0.29, 0.717) is 19.6 Å². The summed E-state index contributed by atoms with van der Waals surface area (Å²) in [7, 11) is 0. The van der Waals surface area contributed by atoms with Gasteiger partial charge in [-0.05, 0) is 19.8 Å². The first-order chi connectivity index (χ1) is 6.24. The predicted octanol–water partition coefficient (Wildman–Crippen LogP) is 1.53. The van der Waals surface area contributed by atoms with Gasteiger partial charge in [-0.1, -0.05) is 0 Å². The van der Waals surface area contributed by atoms with E-state index < -0.39 is 0 Å². The van der Waals surface area contributed by atoms with Crippen LogP contribution in [-0.2, 0) is 9.53 Å². The molecule has 1 heterocycles. The lowest BCUT2D eigenvalue weighted by Gasteiger charge is -2.20. The number of rotatable bonds is 3. The van der Waals surface area contributed by atoms with Crippen LogP contribution in [0, 0.1) is 23.2 Å². The van der Waals surface area contributed by atoms with Crippen molar-refractivity contribution in [2.45, 2.75) is 26.2 Å². The van der Waals surface area contributed by atoms with Gasteiger partial charge in [0.2, 0.25) is 0 Å². The molecule has 0 amide bonds. The number of carbonyl (C=O) groups excluding carboxylic acids is 1. The summed E-state index contributed by atoms with van der Waals surface area (Å²) in [5.74, 6) is 0.234. The molecule has 0 spiro atoms. The zero-order valence-corrected chi connectivity index (χ0v) is 7.95. The van der Waals surface area contributed by atoms with E-state index in [-0.39, 0.29) is 17.6 Å². The Bertz CT molecular complexity index is 213. The van der Waals surface area contributed by atoms with Gasteiger partial charge < -0.3 is 4.74 Å². The molecule has 1 aliphatic rings. The molecule has 1 saturated heterocycles. The van der Waals surface area contributed by atoms with E-state index in [1.54, 1.807) is 6.92 Å². The van der Waals surface area contributed by atoms with Crippen LogP contribution in [0.4, 0.5) is 0 Å². The number of nitriles is 1. The molecule has 13 heavy (non-hydrogen) atoms. The summed E-state index contributed by atoms with van der Waals surface area (Å²) in [6.07, 6.45) is 2.06. The van der Waals surface area contributed by atoms with Gasteiger partial charge in [0.15, 0.2) is 0 Å². The monoisotopic (exact) mass is 181 g/mol. The Morgan fingerprint density at radius 3 is 2.77 bits per heavy atom. The Labute approximate surface area is 78.7 Å². The molecule has 0 aromatic heterocycles. The average Bonchev–Trinajstić information content (AvgIpc) is 2.19. The summed E-state index contributed by atoms with van der Waals surface area (Å²) in [6.45, 7) is 3.17. The third-order valence-corrected chi connectivity index (χ3v) is 2.40. The molecule has 1 aliphatic heterocycles. The van der Waals surface area contributed by atoms with Crippen molar-refractivity contribution in [3.63, 3.8) is 0 Å². The van der Waals surface area contributed by atoms with E-state index in [1.165, 1.54) is 0 Å². The first-order valence-corrected chi connectivity index (χ1v) is 4.74. The van der Waals surface area contributed by atoms with Gasteiger partial charge in [-0.15, -0.1) is 0 Å². The summed E-state index contributed by atoms with van der Waals surface area (Å²) in [5.41, 5.74) is 0. The lowest BCUT2D eigenvalue weighted by atomic mass is 9.90. The standard InChI is InChI=1S/C10H15NO2/c1-8(7-11)6-10(12)9-2-4-13-5-3-9/h8-9H,2-6H2,1H3. The van der Waals surface area contributed by atoms with E-state index in [1.807, 2.05) is 0 Å². The third kappa shape index (κ3) is 3.16. The number of hydrogen-bond acceptors (Lipinski definition) is 3. The molecule has 0 radical (unpaired) electrons. The minimum Gasteiger partial charge on any atom is -0.381 e. The lowest BCUT2D eigenvalue weighted by Crippen LogP contribution is -2.24. The summed E-state index contributed by atoms with van der Waals surface area (Å²) in [4.78, 5) is 11.6. The summed E-state index contributed by atoms with van der Waals surface area (Å²) in [5, 5.41) is 8.56. The Morgan fingerprint density at radius 2 is 2.23 bits per heavy atom. The maximum atomic E-state index is 11.6. The number of carbonyl (C=O) groups is 1. The molecule has 0 N–H and O–H groups in total. The van der Waals surface area contributed by atoms with Crippen molar-refractivity contribution < 1.29 is 9.53 Å². The number of Topliss-reactive ketones (excluding diaryl/α,β-unsaturated/α-hetero) is 1. The highest BCUT2D eigenvalue weighted by molar-refractivity contribution is 5.81. The number of ether oxygens (including phenoxy) is 1. The third-order valence-electron chi connectivity index (χ3n) is 2.40. The number of hydrogen-bond donors (Lipinski definition) is 0. The molecule has 72 valence electrons. The maximum absolute atomic E-state index is 11.6. The molecule has 0 aromatic carbocycles. The summed E-state index contributed by atoms with van der Waals surface area (Å²) >= 11 is 0. The van der Waals surface area contributed by atoms with Gasteiger partial charge in [0.25, 0.3) is 0 Å². The van der Waals surface area contributed by atoms with Crippen molar-refractivity contribution in [3.8, 4) is 6.07 Å². The van der Waals surface area contributed by atoms with Crippen molar-refractivity contribution in [1.82, 2.24) is 0 Å². The molecule has 0 saturated carbocycles. The maximum Gasteiger partial charge on any atom is 0.137 e. The van der Waals surface area contributed by atoms with Crippen LogP contribution in [0.15, 0.2) is 0 Å². The number of ketones is 1. The SMILES string of the molecule is CC(C#N)CC(=O)C1CCOCC1. The smallest absolute Gasteiger partial charge is 0.137 e. The topological polar surface area (TPSA) is 50.1 Å². The molecule has 0 aliphatic carbocycles. The molecule has 1 rings (SSSR count). The first-order valence-electron chi connectivity index (χ1n) is 4.74. The minimum atomic E-state index is -0.143. The minimum absolute atomic E-state index is 0.143. The van der Waals surface area contributed by atoms with E-state index in [9.17, 15) is 4.79 Å². The Morgan fingerprint density at radius 1 is 1.62 bits per heavy atom. The highest BCUT2D eigenvalue weighted by atomic mass is 16.5. The Balaban J connectivity index is 2.34. The van der Waals surface area contributed by atoms with Crippen molar-refractivity contribution in [2.24, 2.45) is 11.8 Å². The zero-order valence-electron chi connectivity index (χ0n) is 7.95. The van der Waals surface area contributed by atoms with Crippen LogP contribution in [0.25, 0.3) is 0 Å². The fourth-order valence-corrected chi connectivity index (χ4v) is 1.53. The van der Waals surface area contributed by atoms with Gasteiger partial charge in [0.1, 0.15) is 5.78 Å². The fraction of sp³-hybridized carbons (Fsp3) is 0.800. The van der Waals surface area contributed by atoms with Crippen LogP contribution in [0.2, 0.25) is 0 Å².